The third-order valence-electron chi connectivity index (χ3n) is 3.19. The molecule has 2 heterocycles. The average Bonchev–Trinajstić information content (AvgIpc) is 3.08. The van der Waals surface area contributed by atoms with Crippen molar-refractivity contribution in [3.63, 3.8) is 0 Å². The first-order valence-corrected chi connectivity index (χ1v) is 8.45. The van der Waals surface area contributed by atoms with Crippen molar-refractivity contribution in [2.24, 2.45) is 0 Å². The van der Waals surface area contributed by atoms with Gasteiger partial charge in [0.15, 0.2) is 0 Å². The molecule has 4 nitrogen and oxygen atoms in total. The molecule has 0 saturated carbocycles. The first kappa shape index (κ1) is 14.8. The normalized spacial score (nSPS) is 20.7. The number of nitrogens with zero attached hydrogens (tertiary/aromatic N) is 1. The van der Waals surface area contributed by atoms with Crippen molar-refractivity contribution < 1.29 is 15.0 Å². The highest BCUT2D eigenvalue weighted by molar-refractivity contribution is 7.99. The molecule has 2 N–H and O–H groups in total. The van der Waals surface area contributed by atoms with Crippen LogP contribution in [0.4, 0.5) is 0 Å². The maximum Gasteiger partial charge on any atom is 0.233 e. The van der Waals surface area contributed by atoms with Gasteiger partial charge in [0, 0.05) is 17.2 Å². The summed E-state index contributed by atoms with van der Waals surface area (Å²) in [5, 5.41) is 20.0. The van der Waals surface area contributed by atoms with Gasteiger partial charge in [-0.3, -0.25) is 4.79 Å². The summed E-state index contributed by atoms with van der Waals surface area (Å²) < 4.78 is 0. The van der Waals surface area contributed by atoms with Gasteiger partial charge < -0.3 is 15.1 Å². The molecule has 0 aromatic carbocycles. The van der Waals surface area contributed by atoms with E-state index in [4.69, 9.17) is 5.11 Å². The maximum atomic E-state index is 12.2. The second-order valence-corrected chi connectivity index (χ2v) is 6.62. The number of rotatable bonds is 6. The van der Waals surface area contributed by atoms with Crippen LogP contribution in [0.1, 0.15) is 23.8 Å². The van der Waals surface area contributed by atoms with E-state index in [9.17, 15) is 9.90 Å². The Balaban J connectivity index is 1.84. The van der Waals surface area contributed by atoms with Crippen LogP contribution in [0.5, 0.6) is 0 Å². The smallest absolute Gasteiger partial charge is 0.233 e. The number of aliphatic hydroxyl groups is 2. The van der Waals surface area contributed by atoms with Gasteiger partial charge in [0.1, 0.15) is 0 Å². The molecule has 1 aromatic heterocycles. The quantitative estimate of drug-likeness (QED) is 0.836. The summed E-state index contributed by atoms with van der Waals surface area (Å²) in [5.41, 5.74) is 0. The summed E-state index contributed by atoms with van der Waals surface area (Å²) in [6.45, 7) is 0.577. The van der Waals surface area contributed by atoms with Gasteiger partial charge in [-0.05, 0) is 24.3 Å². The van der Waals surface area contributed by atoms with Gasteiger partial charge in [0.05, 0.1) is 24.5 Å². The Labute approximate surface area is 121 Å². The monoisotopic (exact) mass is 301 g/mol. The van der Waals surface area contributed by atoms with Crippen molar-refractivity contribution in [2.75, 3.05) is 24.7 Å². The van der Waals surface area contributed by atoms with Crippen LogP contribution in [0.2, 0.25) is 0 Å². The highest BCUT2D eigenvalue weighted by Gasteiger charge is 2.30. The molecule has 1 aromatic rings. The van der Waals surface area contributed by atoms with E-state index in [-0.39, 0.29) is 18.6 Å². The Hall–Kier alpha value is -0.560. The van der Waals surface area contributed by atoms with Crippen LogP contribution < -0.4 is 0 Å². The van der Waals surface area contributed by atoms with E-state index >= 15 is 0 Å². The van der Waals surface area contributed by atoms with Crippen LogP contribution >= 0.6 is 23.1 Å². The summed E-state index contributed by atoms with van der Waals surface area (Å²) in [4.78, 5) is 15.4. The summed E-state index contributed by atoms with van der Waals surface area (Å²) in [6, 6.07) is 4.34. The molecule has 1 saturated heterocycles. The first-order valence-electron chi connectivity index (χ1n) is 6.42. The van der Waals surface area contributed by atoms with E-state index in [0.29, 0.717) is 11.5 Å². The van der Waals surface area contributed by atoms with E-state index in [1.807, 2.05) is 16.3 Å². The van der Waals surface area contributed by atoms with E-state index in [1.165, 1.54) is 16.6 Å². The van der Waals surface area contributed by atoms with Crippen LogP contribution in [-0.4, -0.2) is 51.8 Å². The van der Waals surface area contributed by atoms with Gasteiger partial charge in [0.2, 0.25) is 5.91 Å². The molecule has 1 amide bonds. The number of carbonyl (C=O) groups excluding carboxylic acids is 1. The Kier molecular flexibility index (Phi) is 5.69. The highest BCUT2D eigenvalue weighted by atomic mass is 32.2. The molecule has 0 aliphatic carbocycles. The van der Waals surface area contributed by atoms with Crippen LogP contribution in [-0.2, 0) is 4.79 Å². The van der Waals surface area contributed by atoms with Crippen molar-refractivity contribution in [1.29, 1.82) is 0 Å². The van der Waals surface area contributed by atoms with Crippen LogP contribution in [0.25, 0.3) is 0 Å². The number of thioether (sulfide) groups is 1. The second-order valence-electron chi connectivity index (χ2n) is 4.61. The van der Waals surface area contributed by atoms with Crippen molar-refractivity contribution in [3.8, 4) is 0 Å². The summed E-state index contributed by atoms with van der Waals surface area (Å²) in [6.07, 6.45) is 1.36. The molecular weight excluding hydrogens is 282 g/mol. The molecule has 0 spiro atoms. The minimum atomic E-state index is -0.732. The largest absolute Gasteiger partial charge is 0.394 e. The van der Waals surface area contributed by atoms with Gasteiger partial charge in [-0.25, -0.2) is 0 Å². The van der Waals surface area contributed by atoms with Crippen LogP contribution in [0.3, 0.4) is 0 Å². The third kappa shape index (κ3) is 3.95. The Morgan fingerprint density at radius 1 is 1.63 bits per heavy atom. The molecule has 6 heteroatoms. The van der Waals surface area contributed by atoms with E-state index in [0.717, 1.165) is 19.4 Å². The minimum absolute atomic E-state index is 0.131. The lowest BCUT2D eigenvalue weighted by molar-refractivity contribution is -0.129. The van der Waals surface area contributed by atoms with Gasteiger partial charge in [0.25, 0.3) is 0 Å². The van der Waals surface area contributed by atoms with E-state index in [2.05, 4.69) is 6.07 Å². The molecule has 1 aliphatic rings. The predicted octanol–water partition coefficient (Wildman–Crippen LogP) is 1.50. The van der Waals surface area contributed by atoms with Crippen LogP contribution in [0, 0.1) is 0 Å². The molecule has 2 rings (SSSR count). The average molecular weight is 301 g/mol. The number of hydrogen-bond donors (Lipinski definition) is 2. The second kappa shape index (κ2) is 7.28. The fourth-order valence-electron chi connectivity index (χ4n) is 2.26. The summed E-state index contributed by atoms with van der Waals surface area (Å²) in [7, 11) is 0. The zero-order chi connectivity index (χ0) is 13.7. The molecule has 1 aliphatic heterocycles. The molecule has 106 valence electrons. The number of thiophene rings is 1. The van der Waals surface area contributed by atoms with Gasteiger partial charge in [-0.1, -0.05) is 6.07 Å². The predicted molar refractivity (Wildman–Crippen MR) is 78.4 cm³/mol. The maximum absolute atomic E-state index is 12.2. The zero-order valence-electron chi connectivity index (χ0n) is 10.7. The lowest BCUT2D eigenvalue weighted by atomic mass is 10.2. The Bertz CT molecular complexity index is 397. The van der Waals surface area contributed by atoms with Gasteiger partial charge in [-0.2, -0.15) is 0 Å². The SMILES string of the molecule is O=C(CSCC(O)CO)N1CCCC1c1cccs1. The van der Waals surface area contributed by atoms with Gasteiger partial charge >= 0.3 is 0 Å². The summed E-state index contributed by atoms with van der Waals surface area (Å²) >= 11 is 3.08. The lowest BCUT2D eigenvalue weighted by Gasteiger charge is -2.24. The highest BCUT2D eigenvalue weighted by Crippen LogP contribution is 2.34. The van der Waals surface area contributed by atoms with Crippen molar-refractivity contribution in [3.05, 3.63) is 22.4 Å². The zero-order valence-corrected chi connectivity index (χ0v) is 12.3. The van der Waals surface area contributed by atoms with E-state index in [1.54, 1.807) is 11.3 Å². The van der Waals surface area contributed by atoms with E-state index < -0.39 is 6.10 Å². The Morgan fingerprint density at radius 2 is 2.47 bits per heavy atom. The molecule has 0 radical (unpaired) electrons. The third-order valence-corrected chi connectivity index (χ3v) is 5.24. The lowest BCUT2D eigenvalue weighted by Crippen LogP contribution is -2.32. The number of hydrogen-bond acceptors (Lipinski definition) is 5. The molecule has 2 unspecified atom stereocenters. The molecule has 0 bridgehead atoms. The minimum Gasteiger partial charge on any atom is -0.394 e. The van der Waals surface area contributed by atoms with Crippen molar-refractivity contribution >= 4 is 29.0 Å². The molecule has 19 heavy (non-hydrogen) atoms. The topological polar surface area (TPSA) is 60.8 Å². The number of carbonyl (C=O) groups is 1. The number of likely N-dealkylation sites (tertiary alicyclic amines) is 1. The molecule has 2 atom stereocenters. The van der Waals surface area contributed by atoms with Gasteiger partial charge in [-0.15, -0.1) is 23.1 Å². The van der Waals surface area contributed by atoms with Crippen LogP contribution in [0.15, 0.2) is 17.5 Å². The number of amides is 1. The number of aliphatic hydroxyl groups excluding tert-OH is 2. The molecular formula is C13H19NO3S2. The fourth-order valence-corrected chi connectivity index (χ4v) is 3.97. The first-order chi connectivity index (χ1) is 9.22. The fraction of sp³-hybridized carbons (Fsp3) is 0.615. The molecule has 1 fully saturated rings. The van der Waals surface area contributed by atoms with Crippen molar-refractivity contribution in [1.82, 2.24) is 4.90 Å². The van der Waals surface area contributed by atoms with Crippen molar-refractivity contribution in [2.45, 2.75) is 25.0 Å². The summed E-state index contributed by atoms with van der Waals surface area (Å²) in [5.74, 6) is 0.907. The standard InChI is InChI=1S/C13H19NO3S2/c15-7-10(16)8-18-9-13(17)14-5-1-3-11(14)12-4-2-6-19-12/h2,4,6,10-11,15-16H,1,3,5,7-9H2. The Morgan fingerprint density at radius 3 is 3.16 bits per heavy atom.